The van der Waals surface area contributed by atoms with Gasteiger partial charge in [-0.2, -0.15) is 0 Å². The smallest absolute Gasteiger partial charge is 0.124 e. The Kier molecular flexibility index (Phi) is 5.27. The van der Waals surface area contributed by atoms with Gasteiger partial charge in [0.15, 0.2) is 0 Å². The number of hydrogen-bond donors (Lipinski definition) is 0. The van der Waals surface area contributed by atoms with Crippen LogP contribution in [-0.4, -0.2) is 9.97 Å². The fourth-order valence-electron chi connectivity index (χ4n) is 7.50. The van der Waals surface area contributed by atoms with Crippen LogP contribution in [0.5, 0.6) is 0 Å². The van der Waals surface area contributed by atoms with Crippen LogP contribution in [0.4, 0.5) is 0 Å². The first-order valence-electron chi connectivity index (χ1n) is 15.1. The molecule has 45 heavy (non-hydrogen) atoms. The van der Waals surface area contributed by atoms with Gasteiger partial charge in [-0.05, 0) is 85.3 Å². The Morgan fingerprint density at radius 3 is 1.93 bits per heavy atom. The van der Waals surface area contributed by atoms with Crippen molar-refractivity contribution in [1.82, 2.24) is 9.97 Å². The second-order valence-corrected chi connectivity index (χ2v) is 13.7. The van der Waals surface area contributed by atoms with E-state index >= 15 is 0 Å². The molecule has 0 amide bonds. The van der Waals surface area contributed by atoms with Crippen LogP contribution >= 0.6 is 22.7 Å². The average Bonchev–Trinajstić information content (AvgIpc) is 3.83. The number of fused-ring (bicyclic) bond motifs is 8. The third-order valence-electron chi connectivity index (χ3n) is 9.51. The molecule has 0 unspecified atom stereocenters. The maximum Gasteiger partial charge on any atom is 0.124 e. The number of hydrogen-bond acceptors (Lipinski definition) is 4. The molecule has 4 heteroatoms. The summed E-state index contributed by atoms with van der Waals surface area (Å²) in [5.41, 5.74) is 12.5. The van der Waals surface area contributed by atoms with E-state index in [4.69, 9.17) is 4.98 Å². The van der Waals surface area contributed by atoms with Crippen LogP contribution in [-0.2, 0) is 5.41 Å². The van der Waals surface area contributed by atoms with Crippen LogP contribution in [0.3, 0.4) is 0 Å². The lowest BCUT2D eigenvalue weighted by atomic mass is 9.67. The first-order valence-corrected chi connectivity index (χ1v) is 16.8. The predicted octanol–water partition coefficient (Wildman–Crippen LogP) is 11.2. The molecule has 0 saturated heterocycles. The third-order valence-corrected chi connectivity index (χ3v) is 11.4. The number of aromatic nitrogens is 2. The molecule has 10 rings (SSSR count). The highest BCUT2D eigenvalue weighted by atomic mass is 32.1. The molecule has 0 spiro atoms. The monoisotopic (exact) mass is 608 g/mol. The third kappa shape index (κ3) is 3.55. The highest BCUT2D eigenvalue weighted by Crippen LogP contribution is 2.56. The van der Waals surface area contributed by atoms with E-state index < -0.39 is 5.41 Å². The van der Waals surface area contributed by atoms with Crippen LogP contribution in [0.1, 0.15) is 22.3 Å². The van der Waals surface area contributed by atoms with Crippen LogP contribution in [0.25, 0.3) is 63.7 Å². The summed E-state index contributed by atoms with van der Waals surface area (Å²) >= 11 is 3.41. The minimum atomic E-state index is -0.435. The molecule has 2 heterocycles. The van der Waals surface area contributed by atoms with Crippen molar-refractivity contribution in [3.63, 3.8) is 0 Å². The molecule has 0 aliphatic heterocycles. The average molecular weight is 609 g/mol. The summed E-state index contributed by atoms with van der Waals surface area (Å²) in [5, 5.41) is 5.98. The fourth-order valence-corrected chi connectivity index (χ4v) is 9.30. The maximum absolute atomic E-state index is 5.01. The van der Waals surface area contributed by atoms with Gasteiger partial charge < -0.3 is 0 Å². The Bertz CT molecular complexity index is 2580. The molecule has 2 nitrogen and oxygen atoms in total. The summed E-state index contributed by atoms with van der Waals surface area (Å²) in [6.07, 6.45) is 0. The van der Waals surface area contributed by atoms with Gasteiger partial charge in [0.25, 0.3) is 0 Å². The summed E-state index contributed by atoms with van der Waals surface area (Å²) in [5.74, 6) is 0. The highest BCUT2D eigenvalue weighted by Gasteiger charge is 2.46. The van der Waals surface area contributed by atoms with Crippen molar-refractivity contribution in [2.24, 2.45) is 0 Å². The van der Waals surface area contributed by atoms with E-state index in [0.29, 0.717) is 0 Å². The van der Waals surface area contributed by atoms with Crippen molar-refractivity contribution < 1.29 is 0 Å². The molecular weight excluding hydrogens is 585 g/mol. The standard InChI is InChI=1S/C41H24N2S2/c1-2-8-26-22-30(17-15-25(26)7-1)41(34-11-5-3-9-32(34)33-10-4-6-12-35(33)41)31-18-16-27-21-29(14-13-28(27)23-31)40-43-36-19-20-37-38(39(36)45-40)42-24-44-37/h1-24H. The minimum Gasteiger partial charge on any atom is -0.243 e. The van der Waals surface area contributed by atoms with Crippen molar-refractivity contribution in [1.29, 1.82) is 0 Å². The van der Waals surface area contributed by atoms with Crippen molar-refractivity contribution in [2.75, 3.05) is 0 Å². The van der Waals surface area contributed by atoms with Crippen molar-refractivity contribution >= 4 is 64.7 Å². The molecule has 0 fully saturated rings. The van der Waals surface area contributed by atoms with Gasteiger partial charge >= 0.3 is 0 Å². The summed E-state index contributed by atoms with van der Waals surface area (Å²) in [6, 6.07) is 51.6. The predicted molar refractivity (Wildman–Crippen MR) is 191 cm³/mol. The van der Waals surface area contributed by atoms with Crippen molar-refractivity contribution in [3.05, 3.63) is 167 Å². The zero-order valence-corrected chi connectivity index (χ0v) is 25.7. The van der Waals surface area contributed by atoms with Gasteiger partial charge in [-0.15, -0.1) is 22.7 Å². The first kappa shape index (κ1) is 25.2. The van der Waals surface area contributed by atoms with Crippen LogP contribution in [0.15, 0.2) is 145 Å². The lowest BCUT2D eigenvalue weighted by Gasteiger charge is -2.34. The maximum atomic E-state index is 5.01. The Morgan fingerprint density at radius 2 is 1.16 bits per heavy atom. The quantitative estimate of drug-likeness (QED) is 0.199. The number of thiazole rings is 2. The van der Waals surface area contributed by atoms with Gasteiger partial charge in [0, 0.05) is 5.56 Å². The molecule has 0 radical (unpaired) electrons. The van der Waals surface area contributed by atoms with Crippen LogP contribution in [0, 0.1) is 0 Å². The summed E-state index contributed by atoms with van der Waals surface area (Å²) in [6.45, 7) is 0. The summed E-state index contributed by atoms with van der Waals surface area (Å²) in [4.78, 5) is 9.63. The molecule has 1 aliphatic rings. The minimum absolute atomic E-state index is 0.435. The van der Waals surface area contributed by atoms with E-state index in [2.05, 4.69) is 145 Å². The van der Waals surface area contributed by atoms with Gasteiger partial charge in [-0.25, -0.2) is 9.97 Å². The van der Waals surface area contributed by atoms with E-state index in [1.54, 1.807) is 22.7 Å². The van der Waals surface area contributed by atoms with Crippen LogP contribution < -0.4 is 0 Å². The van der Waals surface area contributed by atoms with E-state index in [1.807, 2.05) is 5.51 Å². The lowest BCUT2D eigenvalue weighted by molar-refractivity contribution is 0.771. The van der Waals surface area contributed by atoms with Gasteiger partial charge in [0.1, 0.15) is 10.5 Å². The zero-order valence-electron chi connectivity index (χ0n) is 24.1. The zero-order chi connectivity index (χ0) is 29.5. The highest BCUT2D eigenvalue weighted by molar-refractivity contribution is 7.23. The summed E-state index contributed by atoms with van der Waals surface area (Å²) < 4.78 is 2.37. The molecule has 0 N–H and O–H groups in total. The van der Waals surface area contributed by atoms with E-state index in [-0.39, 0.29) is 0 Å². The lowest BCUT2D eigenvalue weighted by Crippen LogP contribution is -2.28. The summed E-state index contributed by atoms with van der Waals surface area (Å²) in [7, 11) is 0. The van der Waals surface area contributed by atoms with Gasteiger partial charge in [0.05, 0.1) is 25.8 Å². The Morgan fingerprint density at radius 1 is 0.533 bits per heavy atom. The fraction of sp³-hybridized carbons (Fsp3) is 0.0244. The van der Waals surface area contributed by atoms with Crippen molar-refractivity contribution in [3.8, 4) is 21.7 Å². The molecule has 0 bridgehead atoms. The Hall–Kier alpha value is -5.16. The molecule has 9 aromatic rings. The number of nitrogens with zero attached hydrogens (tertiary/aromatic N) is 2. The van der Waals surface area contributed by atoms with Gasteiger partial charge in [-0.3, -0.25) is 0 Å². The van der Waals surface area contributed by atoms with Crippen molar-refractivity contribution in [2.45, 2.75) is 5.41 Å². The van der Waals surface area contributed by atoms with E-state index in [0.717, 1.165) is 26.3 Å². The first-order chi connectivity index (χ1) is 22.3. The topological polar surface area (TPSA) is 25.8 Å². The van der Waals surface area contributed by atoms with E-state index in [9.17, 15) is 0 Å². The molecule has 210 valence electrons. The second-order valence-electron chi connectivity index (χ2n) is 11.8. The second kappa shape index (κ2) is 9.42. The molecule has 7 aromatic carbocycles. The molecular formula is C41H24N2S2. The molecule has 2 aromatic heterocycles. The molecule has 1 aliphatic carbocycles. The SMILES string of the molecule is c1ccc2c(c1)-c1ccccc1C2(c1ccc2ccccc2c1)c1ccc2cc(-c3nc4ccc5scnc5c4s3)ccc2c1. The van der Waals surface area contributed by atoms with Gasteiger partial charge in [0.2, 0.25) is 0 Å². The number of benzene rings is 7. The van der Waals surface area contributed by atoms with E-state index in [1.165, 1.54) is 59.6 Å². The normalized spacial score (nSPS) is 13.5. The van der Waals surface area contributed by atoms with Crippen LogP contribution in [0.2, 0.25) is 0 Å². The van der Waals surface area contributed by atoms with Gasteiger partial charge in [-0.1, -0.05) is 109 Å². The Labute approximate surface area is 267 Å². The largest absolute Gasteiger partial charge is 0.243 e. The Balaban J connectivity index is 1.19. The number of rotatable bonds is 3. The molecule has 0 atom stereocenters. The molecule has 0 saturated carbocycles.